The number of nitrogens with zero attached hydrogens (tertiary/aromatic N) is 4. The molecule has 22 nitrogen and oxygen atoms in total. The van der Waals surface area contributed by atoms with E-state index in [4.69, 9.17) is 14.2 Å². The van der Waals surface area contributed by atoms with E-state index in [1.165, 1.54) is 54.5 Å². The maximum absolute atomic E-state index is 14.9. The lowest BCUT2D eigenvalue weighted by Gasteiger charge is -2.36. The van der Waals surface area contributed by atoms with Gasteiger partial charge in [0, 0.05) is 33.1 Å². The van der Waals surface area contributed by atoms with E-state index >= 15 is 0 Å². The number of hydrogen-bond acceptors (Lipinski definition) is 15. The molecule has 13 atom stereocenters. The molecule has 4 fully saturated rings. The zero-order chi connectivity index (χ0) is 57.2. The molecule has 0 unspecified atom stereocenters. The molecule has 5 rings (SSSR count). The summed E-state index contributed by atoms with van der Waals surface area (Å²) in [6.07, 6.45) is -4.33. The Balaban J connectivity index is 1.59. The summed E-state index contributed by atoms with van der Waals surface area (Å²) >= 11 is 0. The minimum absolute atomic E-state index is 0.121. The lowest BCUT2D eigenvalue weighted by molar-refractivity contribution is -0.163. The summed E-state index contributed by atoms with van der Waals surface area (Å²) in [4.78, 5) is 148. The van der Waals surface area contributed by atoms with E-state index < -0.39 is 150 Å². The standard InChI is InChI=1S/C55H83N7O15/c1-12-31(6)44-42(64)28-43(65)77-47(30(4)5)46(66)32(7)48(67)56-37(26-29(2)3)52(71)62-25-14-17-39(62)53(72)59(10)41(27-35-19-21-36(75-11)22-20-35)55(74)76-34(9)45(50(69)57-44)58-49(68)38-16-13-23-60(38)54(73)40-18-15-24-61(40)51(70)33(8)63/h19-22,29-34,37-42,44-45,47,63-64H,12-18,23-28H2,1-11H3,(H,56,67)(H,57,69)(H,58,68)/t31-,32-,33-,34-,37+,38+,39-,40+,41-,42+,44+,45-,47+/m0/s1. The molecule has 428 valence electrons. The first-order valence-corrected chi connectivity index (χ1v) is 27.3. The number of benzene rings is 1. The molecule has 1 aromatic carbocycles. The van der Waals surface area contributed by atoms with Crippen molar-refractivity contribution in [2.24, 2.45) is 23.7 Å². The number of hydrogen-bond donors (Lipinski definition) is 5. The number of ether oxygens (including phenoxy) is 3. The first-order valence-electron chi connectivity index (χ1n) is 27.3. The zero-order valence-corrected chi connectivity index (χ0v) is 46.7. The van der Waals surface area contributed by atoms with Crippen molar-refractivity contribution in [2.75, 3.05) is 33.8 Å². The Labute approximate surface area is 452 Å². The third-order valence-electron chi connectivity index (χ3n) is 15.5. The summed E-state index contributed by atoms with van der Waals surface area (Å²) in [6, 6.07) is -1.92. The number of carbonyl (C=O) groups is 10. The number of Topliss-reactive ketones (excluding diaryl/α,β-unsaturated/α-hetero) is 1. The number of esters is 2. The Bertz CT molecular complexity index is 2310. The van der Waals surface area contributed by atoms with Gasteiger partial charge in [-0.2, -0.15) is 0 Å². The van der Waals surface area contributed by atoms with Crippen LogP contribution in [0.5, 0.6) is 5.75 Å². The van der Waals surface area contributed by atoms with E-state index in [1.54, 1.807) is 52.0 Å². The Hall–Kier alpha value is -6.16. The number of cyclic esters (lactones) is 2. The highest BCUT2D eigenvalue weighted by Crippen LogP contribution is 2.28. The van der Waals surface area contributed by atoms with Gasteiger partial charge in [0.2, 0.25) is 35.4 Å². The molecule has 4 aliphatic rings. The van der Waals surface area contributed by atoms with Gasteiger partial charge in [0.15, 0.2) is 11.9 Å². The highest BCUT2D eigenvalue weighted by atomic mass is 16.6. The second-order valence-electron chi connectivity index (χ2n) is 22.1. The van der Waals surface area contributed by atoms with Crippen molar-refractivity contribution >= 4 is 59.1 Å². The number of aliphatic hydroxyl groups is 2. The lowest BCUT2D eigenvalue weighted by atomic mass is 9.91. The average Bonchev–Trinajstić information content (AvgIpc) is 4.21. The summed E-state index contributed by atoms with van der Waals surface area (Å²) in [5.74, 6) is -9.83. The number of methoxy groups -OCH3 is 1. The van der Waals surface area contributed by atoms with Crippen LogP contribution in [0.1, 0.15) is 126 Å². The quantitative estimate of drug-likeness (QED) is 0.146. The third-order valence-corrected chi connectivity index (χ3v) is 15.5. The van der Waals surface area contributed by atoms with Crippen molar-refractivity contribution in [1.29, 1.82) is 0 Å². The summed E-state index contributed by atoms with van der Waals surface area (Å²) in [7, 11) is 2.89. The van der Waals surface area contributed by atoms with Gasteiger partial charge in [-0.25, -0.2) is 4.79 Å². The fourth-order valence-corrected chi connectivity index (χ4v) is 10.7. The van der Waals surface area contributed by atoms with Crippen LogP contribution in [0.2, 0.25) is 0 Å². The van der Waals surface area contributed by atoms with Gasteiger partial charge in [-0.05, 0) is 101 Å². The molecule has 77 heavy (non-hydrogen) atoms. The number of fused-ring (bicyclic) bond motifs is 1. The van der Waals surface area contributed by atoms with Crippen LogP contribution in [-0.2, 0) is 63.8 Å². The third kappa shape index (κ3) is 15.1. The van der Waals surface area contributed by atoms with Crippen LogP contribution in [0.15, 0.2) is 24.3 Å². The van der Waals surface area contributed by atoms with Gasteiger partial charge in [0.1, 0.15) is 54.2 Å². The Morgan fingerprint density at radius 2 is 1.44 bits per heavy atom. The van der Waals surface area contributed by atoms with E-state index in [2.05, 4.69) is 16.0 Å². The van der Waals surface area contributed by atoms with E-state index in [0.29, 0.717) is 43.4 Å². The second-order valence-corrected chi connectivity index (χ2v) is 22.1. The summed E-state index contributed by atoms with van der Waals surface area (Å²) < 4.78 is 17.2. The van der Waals surface area contributed by atoms with Gasteiger partial charge in [-0.15, -0.1) is 0 Å². The van der Waals surface area contributed by atoms with Gasteiger partial charge >= 0.3 is 11.9 Å². The van der Waals surface area contributed by atoms with Gasteiger partial charge in [-0.3, -0.25) is 43.2 Å². The number of rotatable bonds is 12. The molecule has 0 saturated carbocycles. The number of likely N-dealkylation sites (N-methyl/N-ethyl adjacent to an activating group) is 1. The van der Waals surface area contributed by atoms with Crippen molar-refractivity contribution in [2.45, 2.75) is 193 Å². The lowest BCUT2D eigenvalue weighted by Crippen LogP contribution is -2.61. The summed E-state index contributed by atoms with van der Waals surface area (Å²) in [5.41, 5.74) is 0.577. The van der Waals surface area contributed by atoms with Crippen molar-refractivity contribution in [3.63, 3.8) is 0 Å². The van der Waals surface area contributed by atoms with Crippen molar-refractivity contribution < 1.29 is 72.4 Å². The Kier molecular flexibility index (Phi) is 22.0. The maximum Gasteiger partial charge on any atom is 0.329 e. The maximum atomic E-state index is 14.9. The minimum Gasteiger partial charge on any atom is -0.497 e. The van der Waals surface area contributed by atoms with Crippen LogP contribution < -0.4 is 20.7 Å². The predicted octanol–water partition coefficient (Wildman–Crippen LogP) is 1.43. The fourth-order valence-electron chi connectivity index (χ4n) is 10.7. The van der Waals surface area contributed by atoms with Gasteiger partial charge in [0.05, 0.1) is 31.6 Å². The summed E-state index contributed by atoms with van der Waals surface area (Å²) in [6.45, 7) is 15.0. The monoisotopic (exact) mass is 1080 g/mol. The Morgan fingerprint density at radius 3 is 2.04 bits per heavy atom. The predicted molar refractivity (Wildman–Crippen MR) is 279 cm³/mol. The van der Waals surface area contributed by atoms with Crippen LogP contribution in [0, 0.1) is 23.7 Å². The first kappa shape index (κ1) is 61.7. The highest BCUT2D eigenvalue weighted by Gasteiger charge is 2.47. The number of nitrogens with one attached hydrogen (secondary N) is 3. The van der Waals surface area contributed by atoms with Gasteiger partial charge in [-0.1, -0.05) is 60.1 Å². The molecule has 0 aliphatic carbocycles. The topological polar surface area (TPSA) is 288 Å². The zero-order valence-electron chi connectivity index (χ0n) is 46.7. The molecule has 4 heterocycles. The number of amides is 7. The smallest absolute Gasteiger partial charge is 0.329 e. The molecule has 0 aromatic heterocycles. The second kappa shape index (κ2) is 27.4. The molecule has 7 amide bonds. The first-order chi connectivity index (χ1) is 36.3. The van der Waals surface area contributed by atoms with Crippen LogP contribution in [0.4, 0.5) is 0 Å². The van der Waals surface area contributed by atoms with E-state index in [0.717, 1.165) is 0 Å². The molecule has 22 heteroatoms. The largest absolute Gasteiger partial charge is 0.497 e. The molecule has 5 N–H and O–H groups in total. The normalized spacial score (nSPS) is 29.6. The molecular weight excluding hydrogens is 999 g/mol. The molecular formula is C55H83N7O15. The van der Waals surface area contributed by atoms with E-state index in [9.17, 15) is 58.2 Å². The summed E-state index contributed by atoms with van der Waals surface area (Å²) in [5, 5.41) is 30.1. The van der Waals surface area contributed by atoms with Crippen LogP contribution in [0.3, 0.4) is 0 Å². The van der Waals surface area contributed by atoms with Crippen LogP contribution in [-0.4, -0.2) is 189 Å². The fraction of sp³-hybridized carbons (Fsp3) is 0.709. The van der Waals surface area contributed by atoms with Gasteiger partial charge in [0.25, 0.3) is 5.91 Å². The molecule has 0 spiro atoms. The van der Waals surface area contributed by atoms with Crippen molar-refractivity contribution in [3.05, 3.63) is 29.8 Å². The molecule has 4 saturated heterocycles. The molecule has 0 radical (unpaired) electrons. The average molecular weight is 1080 g/mol. The Morgan fingerprint density at radius 1 is 0.818 bits per heavy atom. The van der Waals surface area contributed by atoms with Crippen molar-refractivity contribution in [1.82, 2.24) is 35.6 Å². The van der Waals surface area contributed by atoms with Crippen LogP contribution in [0.25, 0.3) is 0 Å². The molecule has 1 aromatic rings. The highest BCUT2D eigenvalue weighted by molar-refractivity contribution is 6.05. The molecule has 4 aliphatic heterocycles. The van der Waals surface area contributed by atoms with Gasteiger partial charge < -0.3 is 60.0 Å². The van der Waals surface area contributed by atoms with E-state index in [-0.39, 0.29) is 51.2 Å². The molecule has 0 bridgehead atoms. The van der Waals surface area contributed by atoms with Crippen LogP contribution >= 0.6 is 0 Å². The number of likely N-dealkylation sites (tertiary alicyclic amines) is 2. The number of ketones is 1. The number of carbonyl (C=O) groups excluding carboxylic acids is 10. The minimum atomic E-state index is -1.73. The van der Waals surface area contributed by atoms with Crippen molar-refractivity contribution in [3.8, 4) is 5.75 Å². The van der Waals surface area contributed by atoms with E-state index in [1.807, 2.05) is 13.8 Å². The SMILES string of the molecule is CC[C@H](C)[C@H]1NC(=O)[C@@H](NC(=O)[C@H]2CCCN2C(=O)[C@H]2CCCN2C(=O)[C@H](C)O)[C@H](C)OC(=O)[C@H](Cc2ccc(OC)cc2)N(C)C(=O)[C@@H]2CCCN2C(=O)[C@@H](CC(C)C)NC(=O)[C@@H](C)C(=O)[C@@H](C(C)C)OC(=O)C[C@H]1O. The number of aliphatic hydroxyl groups excluding tert-OH is 2.